The lowest BCUT2D eigenvalue weighted by atomic mass is 9.96. The van der Waals surface area contributed by atoms with Gasteiger partial charge in [0.2, 0.25) is 0 Å². The van der Waals surface area contributed by atoms with Crippen LogP contribution >= 0.6 is 11.3 Å². The molecule has 0 radical (unpaired) electrons. The third-order valence-electron chi connectivity index (χ3n) is 5.95. The Balaban J connectivity index is 1.63. The molecule has 0 amide bonds. The van der Waals surface area contributed by atoms with E-state index in [0.29, 0.717) is 51.1 Å². The van der Waals surface area contributed by atoms with Crippen molar-refractivity contribution in [3.63, 3.8) is 0 Å². The van der Waals surface area contributed by atoms with Gasteiger partial charge in [0.05, 0.1) is 34.6 Å². The molecule has 5 rings (SSSR count). The maximum Gasteiger partial charge on any atom is 0.338 e. The van der Waals surface area contributed by atoms with E-state index < -0.39 is 12.0 Å². The van der Waals surface area contributed by atoms with Gasteiger partial charge in [-0.05, 0) is 69.2 Å². The topological polar surface area (TPSA) is 88.4 Å². The molecule has 2 aromatic carbocycles. The van der Waals surface area contributed by atoms with E-state index in [-0.39, 0.29) is 18.3 Å². The fraction of sp³-hybridized carbons (Fsp3) is 0.321. The van der Waals surface area contributed by atoms with Gasteiger partial charge in [0.15, 0.2) is 16.3 Å². The van der Waals surface area contributed by atoms with Crippen molar-refractivity contribution in [1.29, 1.82) is 0 Å². The summed E-state index contributed by atoms with van der Waals surface area (Å²) in [5, 5.41) is 0. The Hall–Kier alpha value is -3.85. The molecule has 8 nitrogen and oxygen atoms in total. The van der Waals surface area contributed by atoms with Crippen LogP contribution in [0.15, 0.2) is 63.5 Å². The highest BCUT2D eigenvalue weighted by Gasteiger charge is 2.33. The van der Waals surface area contributed by atoms with Crippen molar-refractivity contribution in [3.8, 4) is 17.2 Å². The van der Waals surface area contributed by atoms with Gasteiger partial charge in [-0.2, -0.15) is 0 Å². The average molecular weight is 521 g/mol. The summed E-state index contributed by atoms with van der Waals surface area (Å²) in [6, 6.07) is 12.3. The van der Waals surface area contributed by atoms with Gasteiger partial charge in [-0.3, -0.25) is 9.36 Å². The number of hydrogen-bond donors (Lipinski definition) is 0. The van der Waals surface area contributed by atoms with E-state index in [9.17, 15) is 9.59 Å². The number of fused-ring (bicyclic) bond motifs is 2. The fourth-order valence-electron chi connectivity index (χ4n) is 4.41. The molecule has 0 fully saturated rings. The van der Waals surface area contributed by atoms with Gasteiger partial charge >= 0.3 is 5.97 Å². The van der Waals surface area contributed by atoms with Gasteiger partial charge < -0.3 is 18.9 Å². The van der Waals surface area contributed by atoms with E-state index in [1.807, 2.05) is 62.4 Å². The molecule has 9 heteroatoms. The zero-order valence-corrected chi connectivity index (χ0v) is 22.0. The second kappa shape index (κ2) is 10.3. The second-order valence-corrected chi connectivity index (χ2v) is 9.95. The highest BCUT2D eigenvalue weighted by molar-refractivity contribution is 7.07. The van der Waals surface area contributed by atoms with Crippen LogP contribution in [0.1, 0.15) is 44.9 Å². The van der Waals surface area contributed by atoms with Crippen molar-refractivity contribution < 1.29 is 23.7 Å². The Morgan fingerprint density at radius 1 is 1.16 bits per heavy atom. The Bertz CT molecular complexity index is 1550. The lowest BCUT2D eigenvalue weighted by Crippen LogP contribution is -2.39. The molecule has 3 aromatic rings. The van der Waals surface area contributed by atoms with Crippen LogP contribution in [0.25, 0.3) is 6.08 Å². The lowest BCUT2D eigenvalue weighted by Gasteiger charge is -2.25. The van der Waals surface area contributed by atoms with Crippen molar-refractivity contribution in [2.45, 2.75) is 39.8 Å². The molecule has 3 heterocycles. The maximum absolute atomic E-state index is 13.8. The fourth-order valence-corrected chi connectivity index (χ4v) is 5.46. The van der Waals surface area contributed by atoms with Gasteiger partial charge in [-0.25, -0.2) is 9.79 Å². The Morgan fingerprint density at radius 2 is 1.89 bits per heavy atom. The molecule has 192 valence electrons. The third-order valence-corrected chi connectivity index (χ3v) is 6.93. The zero-order chi connectivity index (χ0) is 26.1. The third kappa shape index (κ3) is 4.91. The summed E-state index contributed by atoms with van der Waals surface area (Å²) in [6.07, 6.45) is 1.84. The van der Waals surface area contributed by atoms with Crippen LogP contribution in [0.4, 0.5) is 0 Å². The molecule has 0 saturated carbocycles. The molecule has 0 unspecified atom stereocenters. The molecule has 0 spiro atoms. The van der Waals surface area contributed by atoms with Crippen molar-refractivity contribution in [2.24, 2.45) is 4.99 Å². The van der Waals surface area contributed by atoms with Crippen LogP contribution in [-0.2, 0) is 9.53 Å². The van der Waals surface area contributed by atoms with Gasteiger partial charge in [-0.1, -0.05) is 29.5 Å². The molecule has 0 bridgehead atoms. The number of nitrogens with zero attached hydrogens (tertiary/aromatic N) is 2. The molecule has 0 N–H and O–H groups in total. The summed E-state index contributed by atoms with van der Waals surface area (Å²) in [6.45, 7) is 8.65. The smallest absolute Gasteiger partial charge is 0.338 e. The summed E-state index contributed by atoms with van der Waals surface area (Å²) in [5.41, 5.74) is 2.21. The monoisotopic (exact) mass is 520 g/mol. The maximum atomic E-state index is 13.8. The molecule has 37 heavy (non-hydrogen) atoms. The molecule has 1 atom stereocenters. The minimum Gasteiger partial charge on any atom is -0.491 e. The van der Waals surface area contributed by atoms with Crippen LogP contribution in [0, 0.1) is 0 Å². The number of rotatable bonds is 6. The van der Waals surface area contributed by atoms with Crippen LogP contribution in [0.3, 0.4) is 0 Å². The molecule has 2 aliphatic heterocycles. The summed E-state index contributed by atoms with van der Waals surface area (Å²) in [5.74, 6) is 1.56. The first-order valence-corrected chi connectivity index (χ1v) is 13.0. The van der Waals surface area contributed by atoms with Gasteiger partial charge in [0, 0.05) is 0 Å². The summed E-state index contributed by atoms with van der Waals surface area (Å²) >= 11 is 1.28. The Kier molecular flexibility index (Phi) is 6.88. The summed E-state index contributed by atoms with van der Waals surface area (Å²) in [7, 11) is 0. The number of aromatic nitrogens is 1. The zero-order valence-electron chi connectivity index (χ0n) is 21.1. The SMILES string of the molecule is CCOC(=O)C1=C(C)N=c2s/c(=C\c3ccc4c(c3)OCCO4)c(=O)n2[C@H]1c1ccc(OC(C)C)cc1. The molecule has 1 aromatic heterocycles. The average Bonchev–Trinajstić information content (AvgIpc) is 3.17. The molecule has 0 aliphatic carbocycles. The van der Waals surface area contributed by atoms with Gasteiger partial charge in [0.25, 0.3) is 5.56 Å². The lowest BCUT2D eigenvalue weighted by molar-refractivity contribution is -0.139. The number of benzene rings is 2. The van der Waals surface area contributed by atoms with Gasteiger partial charge in [0.1, 0.15) is 19.0 Å². The van der Waals surface area contributed by atoms with Crippen molar-refractivity contribution in [3.05, 3.63) is 84.5 Å². The number of thiazole rings is 1. The highest BCUT2D eigenvalue weighted by atomic mass is 32.1. The van der Waals surface area contributed by atoms with Crippen LogP contribution in [-0.4, -0.2) is 36.5 Å². The minimum atomic E-state index is -0.675. The molecule has 2 aliphatic rings. The predicted octanol–water partition coefficient (Wildman–Crippen LogP) is 3.36. The number of hydrogen-bond acceptors (Lipinski definition) is 8. The van der Waals surface area contributed by atoms with Crippen LogP contribution < -0.4 is 29.1 Å². The van der Waals surface area contributed by atoms with Crippen LogP contribution in [0.5, 0.6) is 17.2 Å². The van der Waals surface area contributed by atoms with E-state index in [1.54, 1.807) is 18.4 Å². The van der Waals surface area contributed by atoms with E-state index in [2.05, 4.69) is 4.99 Å². The molecular formula is C28H28N2O6S. The first-order valence-electron chi connectivity index (χ1n) is 12.2. The Morgan fingerprint density at radius 3 is 2.59 bits per heavy atom. The summed E-state index contributed by atoms with van der Waals surface area (Å²) < 4.78 is 24.5. The van der Waals surface area contributed by atoms with Crippen molar-refractivity contribution >= 4 is 23.4 Å². The number of esters is 1. The van der Waals surface area contributed by atoms with E-state index >= 15 is 0 Å². The highest BCUT2D eigenvalue weighted by Crippen LogP contribution is 2.32. The number of ether oxygens (including phenoxy) is 4. The standard InChI is InChI=1S/C28H28N2O6S/c1-5-33-27(32)24-17(4)29-28-30(25(24)19-7-9-20(10-8-19)36-16(2)3)26(31)23(37-28)15-18-6-11-21-22(14-18)35-13-12-34-21/h6-11,14-16,25H,5,12-13H2,1-4H3/b23-15-/t25-/m0/s1. The number of carbonyl (C=O) groups excluding carboxylic acids is 1. The second-order valence-electron chi connectivity index (χ2n) is 8.94. The van der Waals surface area contributed by atoms with Crippen molar-refractivity contribution in [1.82, 2.24) is 4.57 Å². The summed E-state index contributed by atoms with van der Waals surface area (Å²) in [4.78, 5) is 32.0. The quantitative estimate of drug-likeness (QED) is 0.463. The predicted molar refractivity (Wildman–Crippen MR) is 140 cm³/mol. The van der Waals surface area contributed by atoms with Crippen LogP contribution in [0.2, 0.25) is 0 Å². The first-order chi connectivity index (χ1) is 17.9. The van der Waals surface area contributed by atoms with E-state index in [1.165, 1.54) is 11.3 Å². The molecule has 0 saturated heterocycles. The normalized spacial score (nSPS) is 16.9. The van der Waals surface area contributed by atoms with Crippen molar-refractivity contribution in [2.75, 3.05) is 19.8 Å². The number of allylic oxidation sites excluding steroid dienone is 1. The number of carbonyl (C=O) groups is 1. The molecular weight excluding hydrogens is 492 g/mol. The first kappa shape index (κ1) is 24.8. The van der Waals surface area contributed by atoms with Gasteiger partial charge in [-0.15, -0.1) is 0 Å². The Labute approximate surface area is 218 Å². The largest absolute Gasteiger partial charge is 0.491 e. The van der Waals surface area contributed by atoms with E-state index in [4.69, 9.17) is 18.9 Å². The van der Waals surface area contributed by atoms with E-state index in [0.717, 1.165) is 11.1 Å². The minimum absolute atomic E-state index is 0.0290.